The molecule has 5 nitrogen and oxygen atoms in total. The van der Waals surface area contributed by atoms with E-state index in [1.54, 1.807) is 0 Å². The van der Waals surface area contributed by atoms with Crippen molar-refractivity contribution in [3.05, 3.63) is 150 Å². The zero-order valence-electron chi connectivity index (χ0n) is 37.2. The molecule has 5 heteroatoms. The summed E-state index contributed by atoms with van der Waals surface area (Å²) in [5, 5.41) is 2.41. The number of benzene rings is 5. The molecular formula is C54H61N4O+. The van der Waals surface area contributed by atoms with Crippen LogP contribution in [-0.2, 0) is 21.7 Å². The molecule has 7 aromatic rings. The number of pyridine rings is 1. The second kappa shape index (κ2) is 13.1. The van der Waals surface area contributed by atoms with Crippen LogP contribution in [0.15, 0.2) is 121 Å². The number of nitrogens with zero attached hydrogens (tertiary/aromatic N) is 4. The highest BCUT2D eigenvalue weighted by atomic mass is 16.5. The highest BCUT2D eigenvalue weighted by molar-refractivity contribution is 6.10. The number of para-hydroxylation sites is 2. The Morgan fingerprint density at radius 1 is 0.525 bits per heavy atom. The van der Waals surface area contributed by atoms with Crippen LogP contribution in [0.4, 0.5) is 22.7 Å². The minimum absolute atomic E-state index is 0.0114. The maximum absolute atomic E-state index is 7.04. The lowest BCUT2D eigenvalue weighted by Crippen LogP contribution is -2.46. The molecule has 0 aliphatic carbocycles. The van der Waals surface area contributed by atoms with Crippen LogP contribution in [0.25, 0.3) is 27.6 Å². The molecule has 1 saturated heterocycles. The molecule has 2 atom stereocenters. The van der Waals surface area contributed by atoms with Crippen LogP contribution in [0, 0.1) is 6.67 Å². The zero-order valence-corrected chi connectivity index (χ0v) is 37.2. The van der Waals surface area contributed by atoms with Crippen LogP contribution in [0.3, 0.4) is 0 Å². The lowest BCUT2D eigenvalue weighted by atomic mass is 9.78. The van der Waals surface area contributed by atoms with Crippen molar-refractivity contribution >= 4 is 44.6 Å². The van der Waals surface area contributed by atoms with Gasteiger partial charge in [0.1, 0.15) is 17.3 Å². The first-order chi connectivity index (χ1) is 27.8. The Hall–Kier alpha value is -5.23. The molecule has 9 rings (SSSR count). The molecule has 0 amide bonds. The molecule has 0 saturated carbocycles. The van der Waals surface area contributed by atoms with Crippen molar-refractivity contribution in [3.63, 3.8) is 0 Å². The average Bonchev–Trinajstić information content (AvgIpc) is 3.70. The number of quaternary nitrogens is 2. The fourth-order valence-electron chi connectivity index (χ4n) is 9.40. The summed E-state index contributed by atoms with van der Waals surface area (Å²) in [5.74, 6) is 2.55. The van der Waals surface area contributed by atoms with E-state index in [-0.39, 0.29) is 21.7 Å². The number of hydrogen-bond acceptors (Lipinski definition) is 2. The summed E-state index contributed by atoms with van der Waals surface area (Å²) in [7, 11) is 0. The summed E-state index contributed by atoms with van der Waals surface area (Å²) in [6, 6.07) is 43.1. The van der Waals surface area contributed by atoms with E-state index in [2.05, 4.69) is 210 Å². The summed E-state index contributed by atoms with van der Waals surface area (Å²) < 4.78 is 10.7. The predicted octanol–water partition coefficient (Wildman–Crippen LogP) is 15.3. The number of aromatic nitrogens is 2. The molecule has 0 spiro atoms. The van der Waals surface area contributed by atoms with Gasteiger partial charge in [0.2, 0.25) is 11.4 Å². The Kier molecular flexibility index (Phi) is 8.74. The first kappa shape index (κ1) is 39.2. The van der Waals surface area contributed by atoms with E-state index >= 15 is 0 Å². The molecule has 1 unspecified atom stereocenters. The Balaban J connectivity index is 1.19. The lowest BCUT2D eigenvalue weighted by Gasteiger charge is -2.40. The maximum atomic E-state index is 7.04. The van der Waals surface area contributed by atoms with Crippen LogP contribution >= 0.6 is 0 Å². The predicted molar refractivity (Wildman–Crippen MR) is 249 cm³/mol. The van der Waals surface area contributed by atoms with E-state index in [9.17, 15) is 0 Å². The summed E-state index contributed by atoms with van der Waals surface area (Å²) >= 11 is 0. The number of rotatable bonds is 8. The Bertz CT molecular complexity index is 2790. The Labute approximate surface area is 352 Å². The second-order valence-corrected chi connectivity index (χ2v) is 20.5. The van der Waals surface area contributed by atoms with Crippen LogP contribution in [0.5, 0.6) is 11.5 Å². The first-order valence-corrected chi connectivity index (χ1v) is 21.6. The normalized spacial score (nSPS) is 19.1. The van der Waals surface area contributed by atoms with Crippen LogP contribution in [0.2, 0.25) is 0 Å². The second-order valence-electron chi connectivity index (χ2n) is 20.5. The van der Waals surface area contributed by atoms with Crippen molar-refractivity contribution in [1.29, 1.82) is 0 Å². The minimum atomic E-state index is -0.0998. The van der Waals surface area contributed by atoms with Gasteiger partial charge in [0.25, 0.3) is 0 Å². The monoisotopic (exact) mass is 781 g/mol. The van der Waals surface area contributed by atoms with Crippen LogP contribution in [0.1, 0.15) is 118 Å². The molecule has 5 aromatic carbocycles. The summed E-state index contributed by atoms with van der Waals surface area (Å²) in [6.07, 6.45) is 4.15. The van der Waals surface area contributed by atoms with Gasteiger partial charge in [-0.2, -0.15) is 9.18 Å². The molecule has 0 bridgehead atoms. The number of ether oxygens (including phenoxy) is 1. The third-order valence-corrected chi connectivity index (χ3v) is 13.7. The van der Waals surface area contributed by atoms with Crippen molar-refractivity contribution in [3.8, 4) is 17.3 Å². The highest BCUT2D eigenvalue weighted by Crippen LogP contribution is 2.75. The molecule has 1 fully saturated rings. The zero-order chi connectivity index (χ0) is 41.9. The summed E-state index contributed by atoms with van der Waals surface area (Å²) in [6.45, 7) is 30.0. The van der Waals surface area contributed by atoms with Gasteiger partial charge in [-0.3, -0.25) is 4.57 Å². The maximum Gasteiger partial charge on any atom is 0.225 e. The van der Waals surface area contributed by atoms with Gasteiger partial charge in [-0.1, -0.05) is 113 Å². The van der Waals surface area contributed by atoms with Gasteiger partial charge < -0.3 is 4.74 Å². The number of hydrogen-bond donors (Lipinski definition) is 0. The van der Waals surface area contributed by atoms with Crippen molar-refractivity contribution in [2.75, 3.05) is 0 Å². The van der Waals surface area contributed by atoms with E-state index in [0.717, 1.165) is 41.2 Å². The van der Waals surface area contributed by atoms with Gasteiger partial charge >= 0.3 is 0 Å². The third-order valence-electron chi connectivity index (χ3n) is 13.7. The van der Waals surface area contributed by atoms with Gasteiger partial charge in [-0.15, -0.1) is 0 Å². The quantitative estimate of drug-likeness (QED) is 0.0872. The van der Waals surface area contributed by atoms with Crippen molar-refractivity contribution in [2.24, 2.45) is 0 Å². The largest absolute Gasteiger partial charge is 0.457 e. The molecule has 302 valence electrons. The van der Waals surface area contributed by atoms with Gasteiger partial charge in [-0.25, -0.2) is 4.98 Å². The van der Waals surface area contributed by atoms with Gasteiger partial charge in [0.05, 0.1) is 11.0 Å². The molecule has 2 aliphatic heterocycles. The fourth-order valence-corrected chi connectivity index (χ4v) is 9.40. The standard InChI is InChI=1S/C54H61N4O/c1-13-54(12,14-2)38-18-17-19-40(28-38)57-35-58(57,49-21-16-15-20-48(49)57)41-29-39(53(9,10)11)30-43(33-41)59-42-23-24-44-45-31-36(51(3,4)5)22-25-46(45)56(47(44)34-42)50-32-37(26-27-55-50)52(6,7)8/h15-35H,13-14H2,1-12H3/q+1/t57-,58?/m0/s1. The molecule has 0 N–H and O–H groups in total. The smallest absolute Gasteiger partial charge is 0.225 e. The van der Waals surface area contributed by atoms with Gasteiger partial charge in [0, 0.05) is 59.4 Å². The van der Waals surface area contributed by atoms with E-state index in [1.807, 2.05) is 6.20 Å². The highest BCUT2D eigenvalue weighted by Gasteiger charge is 2.78. The molecule has 2 aromatic heterocycles. The molecule has 2 aliphatic rings. The molecule has 4 heterocycles. The van der Waals surface area contributed by atoms with Crippen LogP contribution in [-0.4, -0.2) is 9.55 Å². The van der Waals surface area contributed by atoms with Crippen LogP contribution < -0.4 is 13.9 Å². The summed E-state index contributed by atoms with van der Waals surface area (Å²) in [4.78, 5) is 4.97. The SMILES string of the molecule is CCC(C)(CC)c1cccc([N@+]23[CH-][N+]2(c2cc(Oc4ccc5c6cc(C(C)(C)C)ccc6n(-c6cc(C(C)(C)C)ccn6)c5c4)cc(C(C)(C)C)c2)c2ccccc23)c1. The third kappa shape index (κ3) is 5.98. The van der Waals surface area contributed by atoms with E-state index in [0.29, 0.717) is 9.18 Å². The molecule has 0 radical (unpaired) electrons. The molecule has 59 heavy (non-hydrogen) atoms. The van der Waals surface area contributed by atoms with Gasteiger partial charge in [-0.05, 0) is 99.2 Å². The lowest BCUT2D eigenvalue weighted by molar-refractivity contribution is 0.416. The first-order valence-electron chi connectivity index (χ1n) is 21.6. The van der Waals surface area contributed by atoms with Crippen molar-refractivity contribution < 1.29 is 4.74 Å². The fraction of sp³-hybridized carbons (Fsp3) is 0.333. The topological polar surface area (TPSA) is 27.1 Å². The average molecular weight is 782 g/mol. The minimum Gasteiger partial charge on any atom is -0.457 e. The van der Waals surface area contributed by atoms with Crippen molar-refractivity contribution in [1.82, 2.24) is 18.7 Å². The van der Waals surface area contributed by atoms with E-state index in [4.69, 9.17) is 9.72 Å². The van der Waals surface area contributed by atoms with E-state index in [1.165, 1.54) is 55.8 Å². The Morgan fingerprint density at radius 3 is 1.83 bits per heavy atom. The van der Waals surface area contributed by atoms with Gasteiger partial charge in [0.15, 0.2) is 18.0 Å². The summed E-state index contributed by atoms with van der Waals surface area (Å²) in [5.41, 5.74) is 12.6. The molecular weight excluding hydrogens is 721 g/mol. The Morgan fingerprint density at radius 2 is 1.17 bits per heavy atom. The van der Waals surface area contributed by atoms with Crippen molar-refractivity contribution in [2.45, 2.75) is 118 Å². The van der Waals surface area contributed by atoms with E-state index < -0.39 is 0 Å². The number of fused-ring (bicyclic) bond motifs is 7.